The molecule has 0 aromatic heterocycles. The van der Waals surface area contributed by atoms with E-state index < -0.39 is 0 Å². The van der Waals surface area contributed by atoms with Gasteiger partial charge in [-0.3, -0.25) is 9.59 Å². The highest BCUT2D eigenvalue weighted by molar-refractivity contribution is 5.75. The van der Waals surface area contributed by atoms with E-state index in [9.17, 15) is 9.59 Å². The summed E-state index contributed by atoms with van der Waals surface area (Å²) < 4.78 is 11.2. The molecule has 0 N–H and O–H groups in total. The van der Waals surface area contributed by atoms with E-state index in [0.29, 0.717) is 30.5 Å². The van der Waals surface area contributed by atoms with E-state index in [0.717, 1.165) is 19.3 Å². The quantitative estimate of drug-likeness (QED) is 0.685. The lowest BCUT2D eigenvalue weighted by molar-refractivity contribution is -0.198. The average molecular weight is 363 g/mol. The van der Waals surface area contributed by atoms with Gasteiger partial charge in [-0.25, -0.2) is 0 Å². The molecule has 146 valence electrons. The maximum atomic E-state index is 12.3. The van der Waals surface area contributed by atoms with Crippen LogP contribution in [0.3, 0.4) is 0 Å². The maximum Gasteiger partial charge on any atom is 0.309 e. The zero-order chi connectivity index (χ0) is 18.7. The van der Waals surface area contributed by atoms with Gasteiger partial charge in [0.15, 0.2) is 0 Å². The first kappa shape index (κ1) is 18.3. The summed E-state index contributed by atoms with van der Waals surface area (Å²) in [4.78, 5) is 24.0. The summed E-state index contributed by atoms with van der Waals surface area (Å²) in [7, 11) is 0. The van der Waals surface area contributed by atoms with E-state index in [1.54, 1.807) is 0 Å². The first-order valence-corrected chi connectivity index (χ1v) is 10.5. The molecule has 6 unspecified atom stereocenters. The summed E-state index contributed by atoms with van der Waals surface area (Å²) in [6.45, 7) is 9.88. The van der Waals surface area contributed by atoms with Crippen molar-refractivity contribution in [3.63, 3.8) is 0 Å². The SMILES string of the molecule is CC(=O)OCC12CCC3C(C)(C)CCCC3(C)C1CCC1C(=O)OCC12. The van der Waals surface area contributed by atoms with Gasteiger partial charge < -0.3 is 9.47 Å². The number of hydrogen-bond donors (Lipinski definition) is 0. The van der Waals surface area contributed by atoms with Gasteiger partial charge in [-0.05, 0) is 61.2 Å². The van der Waals surface area contributed by atoms with Crippen molar-refractivity contribution in [2.45, 2.75) is 72.6 Å². The van der Waals surface area contributed by atoms with Gasteiger partial charge in [0.1, 0.15) is 0 Å². The summed E-state index contributed by atoms with van der Waals surface area (Å²) in [6.07, 6.45) is 8.11. The topological polar surface area (TPSA) is 52.6 Å². The van der Waals surface area contributed by atoms with Crippen LogP contribution in [0.5, 0.6) is 0 Å². The summed E-state index contributed by atoms with van der Waals surface area (Å²) in [5.41, 5.74) is 0.565. The minimum atomic E-state index is -0.207. The summed E-state index contributed by atoms with van der Waals surface area (Å²) in [5, 5.41) is 0. The molecule has 0 radical (unpaired) electrons. The lowest BCUT2D eigenvalue weighted by Gasteiger charge is -2.66. The van der Waals surface area contributed by atoms with Gasteiger partial charge in [-0.1, -0.05) is 27.2 Å². The van der Waals surface area contributed by atoms with Crippen LogP contribution in [0.25, 0.3) is 0 Å². The summed E-state index contributed by atoms with van der Waals surface area (Å²) in [6, 6.07) is 0. The van der Waals surface area contributed by atoms with Crippen molar-refractivity contribution in [3.05, 3.63) is 0 Å². The van der Waals surface area contributed by atoms with E-state index in [4.69, 9.17) is 9.47 Å². The highest BCUT2D eigenvalue weighted by Crippen LogP contribution is 2.69. The fraction of sp³-hybridized carbons (Fsp3) is 0.909. The predicted molar refractivity (Wildman–Crippen MR) is 98.2 cm³/mol. The molecule has 26 heavy (non-hydrogen) atoms. The Morgan fingerprint density at radius 3 is 2.62 bits per heavy atom. The van der Waals surface area contributed by atoms with Gasteiger partial charge in [-0.15, -0.1) is 0 Å². The minimum Gasteiger partial charge on any atom is -0.465 e. The number of rotatable bonds is 2. The molecular weight excluding hydrogens is 328 g/mol. The Labute approximate surface area is 157 Å². The molecule has 0 amide bonds. The summed E-state index contributed by atoms with van der Waals surface area (Å²) >= 11 is 0. The van der Waals surface area contributed by atoms with Gasteiger partial charge in [0.05, 0.1) is 19.1 Å². The van der Waals surface area contributed by atoms with E-state index >= 15 is 0 Å². The second-order valence-corrected chi connectivity index (χ2v) is 10.4. The third-order valence-electron chi connectivity index (χ3n) is 8.91. The van der Waals surface area contributed by atoms with Crippen LogP contribution in [0.4, 0.5) is 0 Å². The van der Waals surface area contributed by atoms with Crippen LogP contribution >= 0.6 is 0 Å². The lowest BCUT2D eigenvalue weighted by Crippen LogP contribution is -2.61. The molecule has 0 aromatic rings. The zero-order valence-electron chi connectivity index (χ0n) is 16.8. The number of fused-ring (bicyclic) bond motifs is 5. The molecule has 4 heteroatoms. The van der Waals surface area contributed by atoms with Crippen LogP contribution in [0, 0.1) is 39.9 Å². The van der Waals surface area contributed by atoms with Crippen molar-refractivity contribution >= 4 is 11.9 Å². The van der Waals surface area contributed by atoms with Gasteiger partial charge >= 0.3 is 11.9 Å². The van der Waals surface area contributed by atoms with Gasteiger partial charge in [0, 0.05) is 18.3 Å². The van der Waals surface area contributed by atoms with Crippen molar-refractivity contribution in [2.75, 3.05) is 13.2 Å². The molecule has 0 aromatic carbocycles. The van der Waals surface area contributed by atoms with Crippen LogP contribution < -0.4 is 0 Å². The molecule has 1 saturated heterocycles. The normalized spacial score (nSPS) is 46.5. The van der Waals surface area contributed by atoms with E-state index in [1.165, 1.54) is 32.6 Å². The standard InChI is InChI=1S/C22H34O4/c1-14(23)26-13-22-11-8-17-20(2,3)9-5-10-21(17,4)18(22)7-6-15-16(22)12-25-19(15)24/h15-18H,5-13H2,1-4H3. The zero-order valence-corrected chi connectivity index (χ0v) is 16.8. The van der Waals surface area contributed by atoms with Crippen molar-refractivity contribution in [1.82, 2.24) is 0 Å². The predicted octanol–water partition coefficient (Wildman–Crippen LogP) is 4.36. The highest BCUT2D eigenvalue weighted by atomic mass is 16.5. The number of ether oxygens (including phenoxy) is 2. The molecule has 1 heterocycles. The lowest BCUT2D eigenvalue weighted by atomic mass is 9.38. The van der Waals surface area contributed by atoms with Crippen molar-refractivity contribution in [1.29, 1.82) is 0 Å². The Hall–Kier alpha value is -1.06. The largest absolute Gasteiger partial charge is 0.465 e. The number of hydrogen-bond acceptors (Lipinski definition) is 4. The highest BCUT2D eigenvalue weighted by Gasteiger charge is 2.66. The smallest absolute Gasteiger partial charge is 0.309 e. The maximum absolute atomic E-state index is 12.3. The van der Waals surface area contributed by atoms with Crippen LogP contribution in [-0.4, -0.2) is 25.2 Å². The van der Waals surface area contributed by atoms with E-state index in [-0.39, 0.29) is 34.6 Å². The Bertz CT molecular complexity index is 611. The first-order valence-electron chi connectivity index (χ1n) is 10.5. The van der Waals surface area contributed by atoms with Crippen LogP contribution in [-0.2, 0) is 19.1 Å². The fourth-order valence-corrected chi connectivity index (χ4v) is 7.92. The van der Waals surface area contributed by atoms with Gasteiger partial charge in [-0.2, -0.15) is 0 Å². The van der Waals surface area contributed by atoms with E-state index in [1.807, 2.05) is 0 Å². The van der Waals surface area contributed by atoms with Crippen LogP contribution in [0.1, 0.15) is 72.6 Å². The molecule has 4 fully saturated rings. The van der Waals surface area contributed by atoms with Crippen LogP contribution in [0.2, 0.25) is 0 Å². The third-order valence-corrected chi connectivity index (χ3v) is 8.91. The first-order chi connectivity index (χ1) is 12.2. The van der Waals surface area contributed by atoms with Crippen molar-refractivity contribution in [3.8, 4) is 0 Å². The molecule has 3 saturated carbocycles. The van der Waals surface area contributed by atoms with Crippen LogP contribution in [0.15, 0.2) is 0 Å². The van der Waals surface area contributed by atoms with Crippen molar-refractivity contribution < 1.29 is 19.1 Å². The molecule has 1 aliphatic heterocycles. The monoisotopic (exact) mass is 362 g/mol. The third kappa shape index (κ3) is 2.46. The number of cyclic esters (lactones) is 1. The number of esters is 2. The molecule has 4 aliphatic rings. The Morgan fingerprint density at radius 2 is 1.88 bits per heavy atom. The Morgan fingerprint density at radius 1 is 1.12 bits per heavy atom. The molecule has 0 spiro atoms. The number of carbonyl (C=O) groups excluding carboxylic acids is 2. The molecule has 4 rings (SSSR count). The molecule has 4 nitrogen and oxygen atoms in total. The van der Waals surface area contributed by atoms with Crippen molar-refractivity contribution in [2.24, 2.45) is 39.9 Å². The number of carbonyl (C=O) groups is 2. The minimum absolute atomic E-state index is 0.0126. The van der Waals surface area contributed by atoms with Gasteiger partial charge in [0.25, 0.3) is 0 Å². The fourth-order valence-electron chi connectivity index (χ4n) is 7.92. The molecule has 6 atom stereocenters. The van der Waals surface area contributed by atoms with E-state index in [2.05, 4.69) is 20.8 Å². The average Bonchev–Trinajstić information content (AvgIpc) is 2.94. The second kappa shape index (κ2) is 5.97. The Balaban J connectivity index is 1.74. The molecular formula is C22H34O4. The summed E-state index contributed by atoms with van der Waals surface area (Å²) in [5.74, 6) is 1.24. The second-order valence-electron chi connectivity index (χ2n) is 10.4. The molecule has 3 aliphatic carbocycles. The van der Waals surface area contributed by atoms with Gasteiger partial charge in [0.2, 0.25) is 0 Å². The molecule has 0 bridgehead atoms. The Kier molecular flexibility index (Phi) is 4.20.